The van der Waals surface area contributed by atoms with Crippen LogP contribution in [0.3, 0.4) is 0 Å². The summed E-state index contributed by atoms with van der Waals surface area (Å²) < 4.78 is 11.7. The fourth-order valence-electron chi connectivity index (χ4n) is 3.82. The van der Waals surface area contributed by atoms with Crippen LogP contribution in [0.15, 0.2) is 48.7 Å². The highest BCUT2D eigenvalue weighted by Gasteiger charge is 2.23. The Morgan fingerprint density at radius 2 is 1.68 bits per heavy atom. The molecule has 0 aliphatic heterocycles. The molecule has 3 rings (SSSR count). The highest BCUT2D eigenvalue weighted by Crippen LogP contribution is 2.31. The van der Waals surface area contributed by atoms with Gasteiger partial charge in [0.1, 0.15) is 6.04 Å². The smallest absolute Gasteiger partial charge is 0.243 e. The van der Waals surface area contributed by atoms with Crippen molar-refractivity contribution in [2.75, 3.05) is 13.2 Å². The molecule has 1 heterocycles. The van der Waals surface area contributed by atoms with Gasteiger partial charge in [0.15, 0.2) is 11.5 Å². The summed E-state index contributed by atoms with van der Waals surface area (Å²) in [5.74, 6) is 0.884. The van der Waals surface area contributed by atoms with E-state index in [0.717, 1.165) is 34.9 Å². The molecule has 3 N–H and O–H groups in total. The molecule has 0 radical (unpaired) electrons. The lowest BCUT2D eigenvalue weighted by molar-refractivity contribution is -0.128. The van der Waals surface area contributed by atoms with Gasteiger partial charge in [-0.05, 0) is 49.1 Å². The van der Waals surface area contributed by atoms with Crippen LogP contribution in [-0.2, 0) is 16.0 Å². The fourth-order valence-corrected chi connectivity index (χ4v) is 3.82. The fraction of sp³-hybridized carbons (Fsp3) is 0.407. The average Bonchev–Trinajstić information content (AvgIpc) is 3.23. The molecular weight excluding hydrogens is 430 g/mol. The van der Waals surface area contributed by atoms with Gasteiger partial charge >= 0.3 is 0 Å². The van der Waals surface area contributed by atoms with E-state index >= 15 is 0 Å². The lowest BCUT2D eigenvalue weighted by Gasteiger charge is -2.22. The molecular formula is C27H35N3O4. The number of carbonyl (C=O) groups is 2. The summed E-state index contributed by atoms with van der Waals surface area (Å²) >= 11 is 0. The Hall–Kier alpha value is -3.48. The number of H-pyrrole nitrogens is 1. The Morgan fingerprint density at radius 1 is 0.971 bits per heavy atom. The highest BCUT2D eigenvalue weighted by atomic mass is 16.5. The number of hydrogen-bond donors (Lipinski definition) is 3. The molecule has 0 bridgehead atoms. The number of hydrogen-bond acceptors (Lipinski definition) is 4. The van der Waals surface area contributed by atoms with E-state index in [0.29, 0.717) is 31.1 Å². The number of ether oxygens (including phenoxy) is 2. The van der Waals surface area contributed by atoms with Crippen LogP contribution >= 0.6 is 0 Å². The van der Waals surface area contributed by atoms with Crippen molar-refractivity contribution in [2.45, 2.75) is 59.0 Å². The van der Waals surface area contributed by atoms with Gasteiger partial charge in [-0.15, -0.1) is 0 Å². The molecule has 0 saturated heterocycles. The number of nitrogens with one attached hydrogen (secondary N) is 3. The van der Waals surface area contributed by atoms with Crippen molar-refractivity contribution < 1.29 is 19.1 Å². The standard InChI is InChI=1S/C27H35N3O4/c1-5-13-33-25-12-11-20(16-26(25)34-14-6-2)18(3)29-27(32)24(30-19(4)31)15-21-17-28-23-10-8-7-9-22(21)23/h7-12,16-18,24,28H,5-6,13-15H2,1-4H3,(H,29,32)(H,30,31)/t18-,24+/m1/s1. The van der Waals surface area contributed by atoms with E-state index < -0.39 is 6.04 Å². The van der Waals surface area contributed by atoms with Crippen LogP contribution in [0.25, 0.3) is 10.9 Å². The molecule has 0 aliphatic carbocycles. The molecule has 7 nitrogen and oxygen atoms in total. The van der Waals surface area contributed by atoms with Crippen LogP contribution < -0.4 is 20.1 Å². The van der Waals surface area contributed by atoms with Crippen LogP contribution in [-0.4, -0.2) is 36.1 Å². The minimum atomic E-state index is -0.692. The molecule has 1 aromatic heterocycles. The summed E-state index contributed by atoms with van der Waals surface area (Å²) in [4.78, 5) is 28.3. The molecule has 2 atom stereocenters. The van der Waals surface area contributed by atoms with E-state index in [1.54, 1.807) is 0 Å². The van der Waals surface area contributed by atoms with Crippen molar-refractivity contribution in [3.05, 3.63) is 59.8 Å². The van der Waals surface area contributed by atoms with Gasteiger partial charge in [0.25, 0.3) is 0 Å². The van der Waals surface area contributed by atoms with Gasteiger partial charge in [-0.25, -0.2) is 0 Å². The number of amides is 2. The minimum Gasteiger partial charge on any atom is -0.490 e. The summed E-state index contributed by atoms with van der Waals surface area (Å²) in [5.41, 5.74) is 2.87. The van der Waals surface area contributed by atoms with Crippen LogP contribution in [0, 0.1) is 0 Å². The Bertz CT molecular complexity index is 1110. The Kier molecular flexibility index (Phi) is 8.96. The van der Waals surface area contributed by atoms with Crippen LogP contribution in [0.5, 0.6) is 11.5 Å². The third-order valence-corrected chi connectivity index (χ3v) is 5.54. The number of benzene rings is 2. The molecule has 3 aromatic rings. The largest absolute Gasteiger partial charge is 0.490 e. The van der Waals surface area contributed by atoms with E-state index in [-0.39, 0.29) is 17.9 Å². The summed E-state index contributed by atoms with van der Waals surface area (Å²) in [6.45, 7) is 8.64. The van der Waals surface area contributed by atoms with Crippen molar-refractivity contribution in [1.82, 2.24) is 15.6 Å². The molecule has 34 heavy (non-hydrogen) atoms. The molecule has 182 valence electrons. The first-order valence-corrected chi connectivity index (χ1v) is 11.9. The first-order chi connectivity index (χ1) is 16.4. The summed E-state index contributed by atoms with van der Waals surface area (Å²) in [5, 5.41) is 6.89. The van der Waals surface area contributed by atoms with Crippen molar-refractivity contribution in [3.8, 4) is 11.5 Å². The van der Waals surface area contributed by atoms with E-state index in [9.17, 15) is 9.59 Å². The maximum atomic E-state index is 13.2. The number of aromatic amines is 1. The van der Waals surface area contributed by atoms with Gasteiger partial charge in [-0.3, -0.25) is 9.59 Å². The van der Waals surface area contributed by atoms with E-state index in [2.05, 4.69) is 29.5 Å². The Morgan fingerprint density at radius 3 is 2.38 bits per heavy atom. The zero-order chi connectivity index (χ0) is 24.5. The second kappa shape index (κ2) is 12.1. The number of rotatable bonds is 12. The van der Waals surface area contributed by atoms with Crippen molar-refractivity contribution >= 4 is 22.7 Å². The number of fused-ring (bicyclic) bond motifs is 1. The predicted molar refractivity (Wildman–Crippen MR) is 134 cm³/mol. The molecule has 2 amide bonds. The van der Waals surface area contributed by atoms with E-state index in [1.165, 1.54) is 6.92 Å². The Balaban J connectivity index is 1.75. The Labute approximate surface area is 201 Å². The molecule has 0 unspecified atom stereocenters. The van der Waals surface area contributed by atoms with Gasteiger partial charge < -0.3 is 25.1 Å². The molecule has 0 spiro atoms. The first-order valence-electron chi connectivity index (χ1n) is 11.9. The monoisotopic (exact) mass is 465 g/mol. The molecule has 0 aliphatic rings. The van der Waals surface area contributed by atoms with Gasteiger partial charge in [-0.2, -0.15) is 0 Å². The third kappa shape index (κ3) is 6.53. The normalized spacial score (nSPS) is 12.7. The zero-order valence-corrected chi connectivity index (χ0v) is 20.4. The van der Waals surface area contributed by atoms with Gasteiger partial charge in [0.05, 0.1) is 19.3 Å². The SMILES string of the molecule is CCCOc1ccc([C@@H](C)NC(=O)[C@H](Cc2c[nH]c3ccccc23)NC(C)=O)cc1OCCC. The zero-order valence-electron chi connectivity index (χ0n) is 20.4. The van der Waals surface area contributed by atoms with Crippen LogP contribution in [0.4, 0.5) is 0 Å². The minimum absolute atomic E-state index is 0.240. The van der Waals surface area contributed by atoms with Gasteiger partial charge in [-0.1, -0.05) is 38.1 Å². The topological polar surface area (TPSA) is 92.5 Å². The quantitative estimate of drug-likeness (QED) is 0.362. The van der Waals surface area contributed by atoms with Crippen LogP contribution in [0.1, 0.15) is 57.7 Å². The van der Waals surface area contributed by atoms with E-state index in [1.807, 2.05) is 55.6 Å². The molecule has 0 fully saturated rings. The summed E-state index contributed by atoms with van der Waals surface area (Å²) in [7, 11) is 0. The van der Waals surface area contributed by atoms with Gasteiger partial charge in [0.2, 0.25) is 11.8 Å². The summed E-state index contributed by atoms with van der Waals surface area (Å²) in [6.07, 6.45) is 4.07. The number of aromatic nitrogens is 1. The second-order valence-corrected chi connectivity index (χ2v) is 8.45. The lowest BCUT2D eigenvalue weighted by Crippen LogP contribution is -2.47. The van der Waals surface area contributed by atoms with Crippen molar-refractivity contribution in [3.63, 3.8) is 0 Å². The first kappa shape index (κ1) is 25.1. The predicted octanol–water partition coefficient (Wildman–Crippen LogP) is 4.67. The molecule has 2 aromatic carbocycles. The van der Waals surface area contributed by atoms with E-state index in [4.69, 9.17) is 9.47 Å². The third-order valence-electron chi connectivity index (χ3n) is 5.54. The maximum absolute atomic E-state index is 13.2. The van der Waals surface area contributed by atoms with Crippen molar-refractivity contribution in [1.29, 1.82) is 0 Å². The molecule has 0 saturated carbocycles. The number of carbonyl (C=O) groups excluding carboxylic acids is 2. The number of para-hydroxylation sites is 1. The van der Waals surface area contributed by atoms with Crippen LogP contribution in [0.2, 0.25) is 0 Å². The summed E-state index contributed by atoms with van der Waals surface area (Å²) in [6, 6.07) is 12.7. The van der Waals surface area contributed by atoms with Crippen molar-refractivity contribution in [2.24, 2.45) is 0 Å². The second-order valence-electron chi connectivity index (χ2n) is 8.45. The average molecular weight is 466 g/mol. The maximum Gasteiger partial charge on any atom is 0.243 e. The highest BCUT2D eigenvalue weighted by molar-refractivity contribution is 5.89. The lowest BCUT2D eigenvalue weighted by atomic mass is 10.0. The van der Waals surface area contributed by atoms with Gasteiger partial charge in [0, 0.05) is 30.4 Å². The molecule has 7 heteroatoms.